The van der Waals surface area contributed by atoms with Gasteiger partial charge in [0, 0.05) is 30.3 Å². The smallest absolute Gasteiger partial charge is 0.135 e. The van der Waals surface area contributed by atoms with E-state index in [4.69, 9.17) is 4.74 Å². The fraction of sp³-hybridized carbons (Fsp3) is 0.412. The molecule has 0 bridgehead atoms. The van der Waals surface area contributed by atoms with Gasteiger partial charge < -0.3 is 10.1 Å². The number of hydrogen-bond donors (Lipinski definition) is 1. The third-order valence-electron chi connectivity index (χ3n) is 3.28. The van der Waals surface area contributed by atoms with E-state index in [2.05, 4.69) is 42.1 Å². The molecule has 4 nitrogen and oxygen atoms in total. The van der Waals surface area contributed by atoms with Gasteiger partial charge in [-0.3, -0.25) is 0 Å². The lowest BCUT2D eigenvalue weighted by molar-refractivity contribution is 0.410. The number of nitrogens with zero attached hydrogens (tertiary/aromatic N) is 2. The van der Waals surface area contributed by atoms with Crippen LogP contribution in [0.5, 0.6) is 5.75 Å². The Morgan fingerprint density at radius 3 is 2.62 bits per heavy atom. The molecule has 0 unspecified atom stereocenters. The van der Waals surface area contributed by atoms with Crippen LogP contribution in [0.25, 0.3) is 0 Å². The van der Waals surface area contributed by atoms with Gasteiger partial charge in [-0.1, -0.05) is 32.0 Å². The van der Waals surface area contributed by atoms with Crippen LogP contribution in [0, 0.1) is 0 Å². The molecule has 0 spiro atoms. The maximum absolute atomic E-state index is 5.40. The second-order valence-electron chi connectivity index (χ2n) is 5.27. The van der Waals surface area contributed by atoms with Gasteiger partial charge in [-0.05, 0) is 18.9 Å². The van der Waals surface area contributed by atoms with Crippen molar-refractivity contribution in [3.8, 4) is 5.75 Å². The molecule has 21 heavy (non-hydrogen) atoms. The molecule has 0 amide bonds. The summed E-state index contributed by atoms with van der Waals surface area (Å²) in [5, 5.41) is 3.28. The Morgan fingerprint density at radius 2 is 1.95 bits per heavy atom. The van der Waals surface area contributed by atoms with Crippen molar-refractivity contribution in [2.75, 3.05) is 19.0 Å². The van der Waals surface area contributed by atoms with Crippen molar-refractivity contribution in [3.63, 3.8) is 0 Å². The summed E-state index contributed by atoms with van der Waals surface area (Å²) in [5.41, 5.74) is 2.16. The highest BCUT2D eigenvalue weighted by Crippen LogP contribution is 2.22. The molecular formula is C17H23N3O. The highest BCUT2D eigenvalue weighted by molar-refractivity contribution is 5.39. The first-order chi connectivity index (χ1) is 10.1. The Kier molecular flexibility index (Phi) is 5.14. The Labute approximate surface area is 126 Å². The molecule has 0 atom stereocenters. The Morgan fingerprint density at radius 1 is 1.19 bits per heavy atom. The van der Waals surface area contributed by atoms with Crippen molar-refractivity contribution in [2.45, 2.75) is 33.1 Å². The minimum atomic E-state index is 0.377. The summed E-state index contributed by atoms with van der Waals surface area (Å²) >= 11 is 0. The maximum Gasteiger partial charge on any atom is 0.135 e. The monoisotopic (exact) mass is 285 g/mol. The summed E-state index contributed by atoms with van der Waals surface area (Å²) in [6.45, 7) is 7.20. The van der Waals surface area contributed by atoms with Crippen LogP contribution in [0.4, 0.5) is 5.82 Å². The maximum atomic E-state index is 5.40. The first-order valence-electron chi connectivity index (χ1n) is 7.37. The zero-order valence-electron chi connectivity index (χ0n) is 13.2. The van der Waals surface area contributed by atoms with Crippen molar-refractivity contribution in [2.24, 2.45) is 0 Å². The summed E-state index contributed by atoms with van der Waals surface area (Å²) in [5.74, 6) is 2.96. The van der Waals surface area contributed by atoms with Crippen LogP contribution in [0.1, 0.15) is 43.8 Å². The molecule has 0 aliphatic heterocycles. The number of rotatable bonds is 6. The lowest BCUT2D eigenvalue weighted by Crippen LogP contribution is -2.08. The van der Waals surface area contributed by atoms with Crippen molar-refractivity contribution >= 4 is 5.82 Å². The van der Waals surface area contributed by atoms with E-state index in [-0.39, 0.29) is 0 Å². The largest absolute Gasteiger partial charge is 0.496 e. The van der Waals surface area contributed by atoms with E-state index in [9.17, 15) is 0 Å². The number of ether oxygens (including phenoxy) is 1. The molecule has 1 aromatic carbocycles. The highest BCUT2D eigenvalue weighted by Gasteiger charge is 2.10. The molecule has 1 heterocycles. The molecule has 0 saturated carbocycles. The van der Waals surface area contributed by atoms with Gasteiger partial charge in [0.1, 0.15) is 17.4 Å². The van der Waals surface area contributed by atoms with Crippen LogP contribution in [-0.4, -0.2) is 23.6 Å². The fourth-order valence-corrected chi connectivity index (χ4v) is 2.18. The molecule has 0 aliphatic rings. The van der Waals surface area contributed by atoms with Crippen molar-refractivity contribution < 1.29 is 4.74 Å². The quantitative estimate of drug-likeness (QED) is 0.880. The molecule has 4 heteroatoms. The van der Waals surface area contributed by atoms with E-state index < -0.39 is 0 Å². The van der Waals surface area contributed by atoms with Crippen LogP contribution in [0.2, 0.25) is 0 Å². The molecule has 2 rings (SSSR count). The standard InChI is InChI=1S/C17H23N3O/c1-5-18-16-11-14(12(2)3)19-17(20-16)10-13-8-6-7-9-15(13)21-4/h6-9,11-12H,5,10H2,1-4H3,(H,18,19,20). The van der Waals surface area contributed by atoms with E-state index in [1.807, 2.05) is 24.3 Å². The van der Waals surface area contributed by atoms with Crippen molar-refractivity contribution in [3.05, 3.63) is 47.4 Å². The van der Waals surface area contributed by atoms with E-state index in [1.165, 1.54) is 0 Å². The number of benzene rings is 1. The number of para-hydroxylation sites is 1. The second-order valence-corrected chi connectivity index (χ2v) is 5.27. The van der Waals surface area contributed by atoms with Crippen LogP contribution >= 0.6 is 0 Å². The lowest BCUT2D eigenvalue weighted by atomic mass is 10.1. The van der Waals surface area contributed by atoms with Crippen molar-refractivity contribution in [1.82, 2.24) is 9.97 Å². The molecule has 2 aromatic rings. The Balaban J connectivity index is 2.34. The molecule has 0 saturated heterocycles. The van der Waals surface area contributed by atoms with Crippen LogP contribution in [0.3, 0.4) is 0 Å². The minimum absolute atomic E-state index is 0.377. The van der Waals surface area contributed by atoms with Gasteiger partial charge in [-0.15, -0.1) is 0 Å². The summed E-state index contributed by atoms with van der Waals surface area (Å²) < 4.78 is 5.40. The summed E-state index contributed by atoms with van der Waals surface area (Å²) in [6, 6.07) is 10.0. The second kappa shape index (κ2) is 7.07. The number of aromatic nitrogens is 2. The van der Waals surface area contributed by atoms with E-state index in [0.717, 1.165) is 35.2 Å². The summed E-state index contributed by atoms with van der Waals surface area (Å²) in [6.07, 6.45) is 0.670. The number of methoxy groups -OCH3 is 1. The number of nitrogens with one attached hydrogen (secondary N) is 1. The molecule has 0 fully saturated rings. The third kappa shape index (κ3) is 3.94. The van der Waals surface area contributed by atoms with E-state index >= 15 is 0 Å². The van der Waals surface area contributed by atoms with E-state index in [0.29, 0.717) is 12.3 Å². The zero-order valence-corrected chi connectivity index (χ0v) is 13.2. The summed E-state index contributed by atoms with van der Waals surface area (Å²) in [7, 11) is 1.69. The molecule has 112 valence electrons. The SMILES string of the molecule is CCNc1cc(C(C)C)nc(Cc2ccccc2OC)n1. The molecule has 1 aromatic heterocycles. The zero-order chi connectivity index (χ0) is 15.2. The topological polar surface area (TPSA) is 47.0 Å². The predicted octanol–water partition coefficient (Wildman–Crippen LogP) is 3.63. The summed E-state index contributed by atoms with van der Waals surface area (Å²) in [4.78, 5) is 9.28. The minimum Gasteiger partial charge on any atom is -0.496 e. The Bertz CT molecular complexity index is 596. The first kappa shape index (κ1) is 15.3. The van der Waals surface area contributed by atoms with Gasteiger partial charge in [0.25, 0.3) is 0 Å². The van der Waals surface area contributed by atoms with Gasteiger partial charge in [-0.2, -0.15) is 0 Å². The van der Waals surface area contributed by atoms with Gasteiger partial charge in [0.15, 0.2) is 0 Å². The number of anilines is 1. The first-order valence-corrected chi connectivity index (χ1v) is 7.37. The van der Waals surface area contributed by atoms with Crippen molar-refractivity contribution in [1.29, 1.82) is 0 Å². The van der Waals surface area contributed by atoms with Crippen LogP contribution in [0.15, 0.2) is 30.3 Å². The average Bonchev–Trinajstić information content (AvgIpc) is 2.48. The predicted molar refractivity (Wildman–Crippen MR) is 86.1 cm³/mol. The molecule has 0 radical (unpaired) electrons. The van der Waals surface area contributed by atoms with Gasteiger partial charge >= 0.3 is 0 Å². The van der Waals surface area contributed by atoms with Gasteiger partial charge in [-0.25, -0.2) is 9.97 Å². The fourth-order valence-electron chi connectivity index (χ4n) is 2.18. The van der Waals surface area contributed by atoms with E-state index in [1.54, 1.807) is 7.11 Å². The average molecular weight is 285 g/mol. The van der Waals surface area contributed by atoms with Crippen LogP contribution < -0.4 is 10.1 Å². The molecule has 0 aliphatic carbocycles. The highest BCUT2D eigenvalue weighted by atomic mass is 16.5. The normalized spacial score (nSPS) is 10.7. The molecular weight excluding hydrogens is 262 g/mol. The third-order valence-corrected chi connectivity index (χ3v) is 3.28. The lowest BCUT2D eigenvalue weighted by Gasteiger charge is -2.12. The van der Waals surface area contributed by atoms with Gasteiger partial charge in [0.05, 0.1) is 7.11 Å². The Hall–Kier alpha value is -2.10. The van der Waals surface area contributed by atoms with Crippen LogP contribution in [-0.2, 0) is 6.42 Å². The molecule has 1 N–H and O–H groups in total. The van der Waals surface area contributed by atoms with Gasteiger partial charge in [0.2, 0.25) is 0 Å². The number of hydrogen-bond acceptors (Lipinski definition) is 4.